The van der Waals surface area contributed by atoms with Crippen molar-refractivity contribution >= 4 is 17.6 Å². The Morgan fingerprint density at radius 2 is 2.07 bits per heavy atom. The van der Waals surface area contributed by atoms with E-state index < -0.39 is 0 Å². The van der Waals surface area contributed by atoms with Gasteiger partial charge in [0.15, 0.2) is 5.96 Å². The first kappa shape index (κ1) is 18.8. The van der Waals surface area contributed by atoms with Gasteiger partial charge in [0.05, 0.1) is 6.54 Å². The Labute approximate surface area is 160 Å². The molecule has 0 saturated carbocycles. The Hall–Kier alpha value is -3.02. The molecule has 0 saturated heterocycles. The summed E-state index contributed by atoms with van der Waals surface area (Å²) in [7, 11) is 1.73. The second kappa shape index (κ2) is 9.07. The number of hydrogen-bond donors (Lipinski definition) is 3. The maximum Gasteiger partial charge on any atom is 0.225 e. The predicted octanol–water partition coefficient (Wildman–Crippen LogP) is 2.66. The van der Waals surface area contributed by atoms with E-state index in [9.17, 15) is 4.79 Å². The summed E-state index contributed by atoms with van der Waals surface area (Å²) in [6.07, 6.45) is 0.470. The molecule has 6 heteroatoms. The van der Waals surface area contributed by atoms with Crippen molar-refractivity contribution in [1.29, 1.82) is 0 Å². The van der Waals surface area contributed by atoms with Crippen LogP contribution in [-0.2, 0) is 4.79 Å². The Bertz CT molecular complexity index is 819. The van der Waals surface area contributed by atoms with Gasteiger partial charge in [-0.15, -0.1) is 0 Å². The third-order valence-corrected chi connectivity index (χ3v) is 4.50. The minimum absolute atomic E-state index is 0.0509. The Morgan fingerprint density at radius 1 is 1.22 bits per heavy atom. The number of ether oxygens (including phenoxy) is 1. The Morgan fingerprint density at radius 3 is 2.89 bits per heavy atom. The molecule has 27 heavy (non-hydrogen) atoms. The number of guanidine groups is 1. The zero-order chi connectivity index (χ0) is 19.1. The van der Waals surface area contributed by atoms with Crippen LogP contribution in [0.15, 0.2) is 53.5 Å². The number of benzene rings is 2. The molecule has 0 bridgehead atoms. The monoisotopic (exact) mass is 366 g/mol. The number of nitrogens with one attached hydrogen (secondary N) is 3. The fourth-order valence-electron chi connectivity index (χ4n) is 3.17. The van der Waals surface area contributed by atoms with E-state index in [4.69, 9.17) is 4.74 Å². The number of nitrogens with zero attached hydrogens (tertiary/aromatic N) is 1. The number of fused-ring (bicyclic) bond motifs is 1. The molecule has 2 aromatic rings. The zero-order valence-corrected chi connectivity index (χ0v) is 15.8. The number of amides is 1. The van der Waals surface area contributed by atoms with E-state index in [1.165, 1.54) is 5.56 Å². The van der Waals surface area contributed by atoms with Gasteiger partial charge in [-0.1, -0.05) is 30.3 Å². The van der Waals surface area contributed by atoms with Gasteiger partial charge in [0.1, 0.15) is 12.4 Å². The highest BCUT2D eigenvalue weighted by atomic mass is 16.5. The average Bonchev–Trinajstić information content (AvgIpc) is 2.67. The summed E-state index contributed by atoms with van der Waals surface area (Å²) in [5.74, 6) is 1.74. The van der Waals surface area contributed by atoms with Crippen LogP contribution in [0.5, 0.6) is 5.75 Å². The molecule has 1 unspecified atom stereocenters. The number of para-hydroxylation sites is 1. The largest absolute Gasteiger partial charge is 0.492 e. The Balaban J connectivity index is 1.46. The molecule has 3 N–H and O–H groups in total. The summed E-state index contributed by atoms with van der Waals surface area (Å²) < 4.78 is 5.74. The van der Waals surface area contributed by atoms with Crippen LogP contribution in [0.4, 0.5) is 5.69 Å². The second-order valence-electron chi connectivity index (χ2n) is 6.58. The van der Waals surface area contributed by atoms with Crippen molar-refractivity contribution in [2.24, 2.45) is 4.99 Å². The van der Waals surface area contributed by atoms with Gasteiger partial charge in [-0.3, -0.25) is 9.79 Å². The van der Waals surface area contributed by atoms with Gasteiger partial charge >= 0.3 is 0 Å². The van der Waals surface area contributed by atoms with Gasteiger partial charge in [-0.2, -0.15) is 0 Å². The summed E-state index contributed by atoms with van der Waals surface area (Å²) in [4.78, 5) is 16.2. The van der Waals surface area contributed by atoms with Crippen molar-refractivity contribution in [3.05, 3.63) is 59.7 Å². The van der Waals surface area contributed by atoms with E-state index in [1.54, 1.807) is 7.05 Å². The molecule has 0 radical (unpaired) electrons. The first-order valence-corrected chi connectivity index (χ1v) is 9.18. The molecule has 2 aromatic carbocycles. The van der Waals surface area contributed by atoms with E-state index in [0.717, 1.165) is 17.0 Å². The van der Waals surface area contributed by atoms with E-state index in [0.29, 0.717) is 32.1 Å². The number of aryl methyl sites for hydroxylation is 1. The molecule has 3 rings (SSSR count). The summed E-state index contributed by atoms with van der Waals surface area (Å²) in [5, 5.41) is 9.48. The van der Waals surface area contributed by atoms with Crippen molar-refractivity contribution < 1.29 is 9.53 Å². The van der Waals surface area contributed by atoms with Crippen molar-refractivity contribution in [3.8, 4) is 5.75 Å². The molecule has 0 aromatic heterocycles. The summed E-state index contributed by atoms with van der Waals surface area (Å²) in [6.45, 7) is 3.86. The topological polar surface area (TPSA) is 74.8 Å². The van der Waals surface area contributed by atoms with Crippen molar-refractivity contribution in [1.82, 2.24) is 10.6 Å². The van der Waals surface area contributed by atoms with Crippen molar-refractivity contribution in [2.75, 3.05) is 32.1 Å². The molecule has 6 nitrogen and oxygen atoms in total. The highest BCUT2D eigenvalue weighted by Gasteiger charge is 2.24. The zero-order valence-electron chi connectivity index (χ0n) is 15.8. The normalized spacial score (nSPS) is 16.3. The van der Waals surface area contributed by atoms with Crippen LogP contribution in [-0.4, -0.2) is 38.6 Å². The first-order valence-electron chi connectivity index (χ1n) is 9.18. The molecule has 1 aliphatic heterocycles. The van der Waals surface area contributed by atoms with Gasteiger partial charge in [-0.25, -0.2) is 0 Å². The molecule has 1 aliphatic rings. The minimum Gasteiger partial charge on any atom is -0.492 e. The highest BCUT2D eigenvalue weighted by Crippen LogP contribution is 2.31. The molecule has 142 valence electrons. The number of anilines is 1. The SMILES string of the molecule is CN=C(NCCOc1cccc(C)c1)NCC1CC(=O)Nc2ccccc21. The van der Waals surface area contributed by atoms with E-state index in [1.807, 2.05) is 49.4 Å². The third-order valence-electron chi connectivity index (χ3n) is 4.50. The molecule has 1 amide bonds. The number of carbonyl (C=O) groups excluding carboxylic acids is 1. The summed E-state index contributed by atoms with van der Waals surface area (Å²) in [5.41, 5.74) is 3.23. The van der Waals surface area contributed by atoms with E-state index in [-0.39, 0.29) is 11.8 Å². The van der Waals surface area contributed by atoms with Gasteiger partial charge < -0.3 is 20.7 Å². The van der Waals surface area contributed by atoms with Gasteiger partial charge in [-0.05, 0) is 36.2 Å². The lowest BCUT2D eigenvalue weighted by molar-refractivity contribution is -0.116. The predicted molar refractivity (Wildman–Crippen MR) is 108 cm³/mol. The minimum atomic E-state index is 0.0509. The van der Waals surface area contributed by atoms with Crippen molar-refractivity contribution in [2.45, 2.75) is 19.3 Å². The van der Waals surface area contributed by atoms with Crippen LogP contribution in [0.1, 0.15) is 23.5 Å². The van der Waals surface area contributed by atoms with E-state index >= 15 is 0 Å². The first-order chi connectivity index (χ1) is 13.2. The number of carbonyl (C=O) groups is 1. The maximum absolute atomic E-state index is 11.9. The van der Waals surface area contributed by atoms with Crippen LogP contribution < -0.4 is 20.7 Å². The number of hydrogen-bond acceptors (Lipinski definition) is 3. The lowest BCUT2D eigenvalue weighted by Crippen LogP contribution is -2.42. The maximum atomic E-state index is 11.9. The molecular formula is C21H26N4O2. The molecule has 1 heterocycles. The lowest BCUT2D eigenvalue weighted by Gasteiger charge is -2.26. The fraction of sp³-hybridized carbons (Fsp3) is 0.333. The van der Waals surface area contributed by atoms with Crippen LogP contribution in [0.3, 0.4) is 0 Å². The van der Waals surface area contributed by atoms with Crippen LogP contribution in [0, 0.1) is 6.92 Å². The summed E-state index contributed by atoms with van der Waals surface area (Å²) in [6, 6.07) is 15.9. The standard InChI is InChI=1S/C21H26N4O2/c1-15-6-5-7-17(12-15)27-11-10-23-21(22-2)24-14-16-13-20(26)25-19-9-4-3-8-18(16)19/h3-9,12,16H,10-11,13-14H2,1-2H3,(H,25,26)(H2,22,23,24). The summed E-state index contributed by atoms with van der Waals surface area (Å²) >= 11 is 0. The molecular weight excluding hydrogens is 340 g/mol. The number of rotatable bonds is 6. The fourth-order valence-corrected chi connectivity index (χ4v) is 3.17. The molecule has 1 atom stereocenters. The average molecular weight is 366 g/mol. The molecule has 0 fully saturated rings. The number of aliphatic imine (C=N–C) groups is 1. The van der Waals surface area contributed by atoms with Gasteiger partial charge in [0.2, 0.25) is 5.91 Å². The Kier molecular flexibility index (Phi) is 6.30. The van der Waals surface area contributed by atoms with Crippen molar-refractivity contribution in [3.63, 3.8) is 0 Å². The second-order valence-corrected chi connectivity index (χ2v) is 6.58. The van der Waals surface area contributed by atoms with Crippen LogP contribution in [0.2, 0.25) is 0 Å². The molecule has 0 aliphatic carbocycles. The quantitative estimate of drug-likeness (QED) is 0.417. The van der Waals surface area contributed by atoms with Gasteiger partial charge in [0.25, 0.3) is 0 Å². The third kappa shape index (κ3) is 5.23. The van der Waals surface area contributed by atoms with Crippen LogP contribution in [0.25, 0.3) is 0 Å². The highest BCUT2D eigenvalue weighted by molar-refractivity contribution is 5.94. The lowest BCUT2D eigenvalue weighted by atomic mass is 9.90. The smallest absolute Gasteiger partial charge is 0.225 e. The van der Waals surface area contributed by atoms with Crippen LogP contribution >= 0.6 is 0 Å². The molecule has 0 spiro atoms. The van der Waals surface area contributed by atoms with Gasteiger partial charge in [0, 0.05) is 31.6 Å². The van der Waals surface area contributed by atoms with E-state index in [2.05, 4.69) is 27.0 Å².